The normalized spacial score (nSPS) is 11.5. The molecule has 0 bridgehead atoms. The van der Waals surface area contributed by atoms with E-state index in [1.165, 1.54) is 4.68 Å². The molecule has 0 saturated carbocycles. The summed E-state index contributed by atoms with van der Waals surface area (Å²) in [5.41, 5.74) is 5.05. The van der Waals surface area contributed by atoms with Crippen molar-refractivity contribution in [2.45, 2.75) is 33.3 Å². The third-order valence-corrected chi connectivity index (χ3v) is 7.93. The number of fused-ring (bicyclic) bond motifs is 1. The molecule has 0 aliphatic carbocycles. The van der Waals surface area contributed by atoms with Gasteiger partial charge >= 0.3 is 0 Å². The maximum atomic E-state index is 13.7. The zero-order valence-electron chi connectivity index (χ0n) is 23.2. The summed E-state index contributed by atoms with van der Waals surface area (Å²) >= 11 is 7.07. The lowest BCUT2D eigenvalue weighted by molar-refractivity contribution is 0.304. The van der Waals surface area contributed by atoms with E-state index >= 15 is 0 Å². The van der Waals surface area contributed by atoms with Crippen molar-refractivity contribution in [3.63, 3.8) is 0 Å². The molecular weight excluding hydrogens is 646 g/mol. The Morgan fingerprint density at radius 3 is 2.44 bits per heavy atom. The van der Waals surface area contributed by atoms with Crippen LogP contribution in [-0.4, -0.2) is 23.0 Å². The van der Waals surface area contributed by atoms with Crippen LogP contribution in [-0.2, 0) is 6.61 Å². The zero-order valence-corrected chi connectivity index (χ0v) is 26.4. The third-order valence-electron chi connectivity index (χ3n) is 6.78. The number of para-hydroxylation sites is 1. The first kappa shape index (κ1) is 28.8. The summed E-state index contributed by atoms with van der Waals surface area (Å²) in [6.45, 7) is 6.65. The molecule has 0 radical (unpaired) electrons. The molecule has 0 aliphatic heterocycles. The van der Waals surface area contributed by atoms with E-state index in [0.29, 0.717) is 29.1 Å². The molecular formula is C33H29Br2N3O3. The quantitative estimate of drug-likeness (QED) is 0.155. The predicted octanol–water partition coefficient (Wildman–Crippen LogP) is 8.49. The van der Waals surface area contributed by atoms with Gasteiger partial charge in [0.15, 0.2) is 5.82 Å². The van der Waals surface area contributed by atoms with Crippen molar-refractivity contribution in [1.82, 2.24) is 9.66 Å². The van der Waals surface area contributed by atoms with Crippen molar-refractivity contribution in [2.75, 3.05) is 7.11 Å². The lowest BCUT2D eigenvalue weighted by Crippen LogP contribution is -2.20. The Balaban J connectivity index is 1.53. The second-order valence-corrected chi connectivity index (χ2v) is 11.8. The predicted molar refractivity (Wildman–Crippen MR) is 172 cm³/mol. The van der Waals surface area contributed by atoms with Crippen LogP contribution in [0.4, 0.5) is 0 Å². The second kappa shape index (κ2) is 12.4. The second-order valence-electron chi connectivity index (χ2n) is 9.98. The molecule has 0 atom stereocenters. The molecule has 0 N–H and O–H groups in total. The standard InChI is InChI=1S/C33H29Br2N3O3/c1-20(2)26-17-27(21(3)15-31(26)40-4)32-37-29-8-6-5-7-25(29)33(39)38(32)36-18-23-11-14-30(28(35)16-23)41-19-22-9-12-24(34)13-10-22/h5-18,20H,19H2,1-4H3. The molecule has 0 fully saturated rings. The number of hydrogen-bond acceptors (Lipinski definition) is 5. The van der Waals surface area contributed by atoms with Gasteiger partial charge in [0, 0.05) is 10.0 Å². The molecule has 0 saturated heterocycles. The number of aryl methyl sites for hydroxylation is 1. The number of rotatable bonds is 8. The summed E-state index contributed by atoms with van der Waals surface area (Å²) in [5.74, 6) is 2.22. The summed E-state index contributed by atoms with van der Waals surface area (Å²) in [6.07, 6.45) is 1.66. The van der Waals surface area contributed by atoms with Gasteiger partial charge in [-0.2, -0.15) is 9.78 Å². The summed E-state index contributed by atoms with van der Waals surface area (Å²) in [5, 5.41) is 5.15. The SMILES string of the molecule is COc1cc(C)c(-c2nc3ccccc3c(=O)n2N=Cc2ccc(OCc3ccc(Br)cc3)c(Br)c2)cc1C(C)C. The fourth-order valence-electron chi connectivity index (χ4n) is 4.55. The highest BCUT2D eigenvalue weighted by Crippen LogP contribution is 2.34. The highest BCUT2D eigenvalue weighted by molar-refractivity contribution is 9.10. The molecule has 0 spiro atoms. The fraction of sp³-hybridized carbons (Fsp3) is 0.182. The number of aromatic nitrogens is 2. The van der Waals surface area contributed by atoms with Crippen molar-refractivity contribution in [3.05, 3.63) is 120 Å². The first-order chi connectivity index (χ1) is 19.7. The van der Waals surface area contributed by atoms with Gasteiger partial charge in [0.1, 0.15) is 18.1 Å². The van der Waals surface area contributed by atoms with Crippen molar-refractivity contribution >= 4 is 49.0 Å². The fourth-order valence-corrected chi connectivity index (χ4v) is 5.33. The number of nitrogens with zero attached hydrogens (tertiary/aromatic N) is 3. The van der Waals surface area contributed by atoms with E-state index in [0.717, 1.165) is 42.5 Å². The smallest absolute Gasteiger partial charge is 0.282 e. The van der Waals surface area contributed by atoms with Gasteiger partial charge in [-0.3, -0.25) is 4.79 Å². The average Bonchev–Trinajstić information content (AvgIpc) is 2.96. The van der Waals surface area contributed by atoms with E-state index in [1.54, 1.807) is 19.4 Å². The van der Waals surface area contributed by atoms with Crippen LogP contribution < -0.4 is 15.0 Å². The lowest BCUT2D eigenvalue weighted by atomic mass is 9.96. The Hall–Kier alpha value is -3.75. The minimum absolute atomic E-state index is 0.218. The van der Waals surface area contributed by atoms with Gasteiger partial charge in [-0.1, -0.05) is 54.0 Å². The van der Waals surface area contributed by atoms with Crippen molar-refractivity contribution in [2.24, 2.45) is 5.10 Å². The van der Waals surface area contributed by atoms with Crippen LogP contribution in [0.2, 0.25) is 0 Å². The van der Waals surface area contributed by atoms with Crippen LogP contribution in [0.1, 0.15) is 42.0 Å². The van der Waals surface area contributed by atoms with Gasteiger partial charge in [0.05, 0.1) is 28.7 Å². The van der Waals surface area contributed by atoms with Gasteiger partial charge in [0.2, 0.25) is 0 Å². The van der Waals surface area contributed by atoms with Gasteiger partial charge < -0.3 is 9.47 Å². The number of hydrogen-bond donors (Lipinski definition) is 0. The third kappa shape index (κ3) is 6.29. The van der Waals surface area contributed by atoms with E-state index in [1.807, 2.05) is 73.7 Å². The van der Waals surface area contributed by atoms with Crippen molar-refractivity contribution in [3.8, 4) is 22.9 Å². The van der Waals surface area contributed by atoms with Crippen molar-refractivity contribution < 1.29 is 9.47 Å². The lowest BCUT2D eigenvalue weighted by Gasteiger charge is -2.17. The van der Waals surface area contributed by atoms with E-state index in [2.05, 4.69) is 56.9 Å². The summed E-state index contributed by atoms with van der Waals surface area (Å²) in [7, 11) is 1.67. The van der Waals surface area contributed by atoms with E-state index in [4.69, 9.17) is 14.5 Å². The molecule has 4 aromatic carbocycles. The molecule has 208 valence electrons. The topological polar surface area (TPSA) is 65.7 Å². The Bertz CT molecular complexity index is 1810. The Kier molecular flexibility index (Phi) is 8.71. The molecule has 1 heterocycles. The summed E-state index contributed by atoms with van der Waals surface area (Å²) < 4.78 is 14.8. The summed E-state index contributed by atoms with van der Waals surface area (Å²) in [4.78, 5) is 18.6. The van der Waals surface area contributed by atoms with Crippen LogP contribution in [0.5, 0.6) is 11.5 Å². The number of methoxy groups -OCH3 is 1. The monoisotopic (exact) mass is 673 g/mol. The Morgan fingerprint density at radius 2 is 1.73 bits per heavy atom. The molecule has 5 aromatic rings. The van der Waals surface area contributed by atoms with Gasteiger partial charge in [-0.05, 0) is 106 Å². The van der Waals surface area contributed by atoms with Crippen LogP contribution in [0, 0.1) is 6.92 Å². The van der Waals surface area contributed by atoms with Gasteiger partial charge in [0.25, 0.3) is 5.56 Å². The van der Waals surface area contributed by atoms with Gasteiger partial charge in [-0.15, -0.1) is 0 Å². The Labute approximate surface area is 255 Å². The first-order valence-electron chi connectivity index (χ1n) is 13.2. The van der Waals surface area contributed by atoms with Crippen LogP contribution in [0.25, 0.3) is 22.3 Å². The zero-order chi connectivity index (χ0) is 29.1. The molecule has 0 aliphatic rings. The molecule has 0 unspecified atom stereocenters. The highest BCUT2D eigenvalue weighted by atomic mass is 79.9. The van der Waals surface area contributed by atoms with E-state index in [-0.39, 0.29) is 11.5 Å². The van der Waals surface area contributed by atoms with Crippen molar-refractivity contribution in [1.29, 1.82) is 0 Å². The number of halogens is 2. The van der Waals surface area contributed by atoms with Crippen LogP contribution in [0.15, 0.2) is 97.7 Å². The first-order valence-corrected chi connectivity index (χ1v) is 14.8. The van der Waals surface area contributed by atoms with Gasteiger partial charge in [-0.25, -0.2) is 4.98 Å². The average molecular weight is 675 g/mol. The minimum atomic E-state index is -0.239. The molecule has 6 nitrogen and oxygen atoms in total. The maximum absolute atomic E-state index is 13.7. The number of benzene rings is 4. The molecule has 1 aromatic heterocycles. The molecule has 0 amide bonds. The molecule has 41 heavy (non-hydrogen) atoms. The summed E-state index contributed by atoms with van der Waals surface area (Å²) in [6, 6.07) is 25.1. The van der Waals surface area contributed by atoms with E-state index in [9.17, 15) is 4.79 Å². The largest absolute Gasteiger partial charge is 0.496 e. The van der Waals surface area contributed by atoms with Crippen LogP contribution in [0.3, 0.4) is 0 Å². The minimum Gasteiger partial charge on any atom is -0.496 e. The van der Waals surface area contributed by atoms with Crippen LogP contribution >= 0.6 is 31.9 Å². The maximum Gasteiger partial charge on any atom is 0.282 e. The molecule has 8 heteroatoms. The highest BCUT2D eigenvalue weighted by Gasteiger charge is 2.18. The molecule has 5 rings (SSSR count). The number of ether oxygens (including phenoxy) is 2. The Morgan fingerprint density at radius 1 is 0.976 bits per heavy atom. The van der Waals surface area contributed by atoms with E-state index < -0.39 is 0 Å².